The quantitative estimate of drug-likeness (QED) is 0.699. The van der Waals surface area contributed by atoms with Gasteiger partial charge in [0, 0.05) is 12.7 Å². The molecule has 4 nitrogen and oxygen atoms in total. The van der Waals surface area contributed by atoms with Gasteiger partial charge in [-0.1, -0.05) is 20.8 Å². The maximum Gasteiger partial charge on any atom is 0.200 e. The lowest BCUT2D eigenvalue weighted by Crippen LogP contribution is -2.50. The van der Waals surface area contributed by atoms with E-state index in [0.29, 0.717) is 5.69 Å². The Labute approximate surface area is 110 Å². The fourth-order valence-corrected chi connectivity index (χ4v) is 2.39. The van der Waals surface area contributed by atoms with E-state index in [4.69, 9.17) is 0 Å². The van der Waals surface area contributed by atoms with Crippen molar-refractivity contribution in [2.24, 2.45) is 0 Å². The Bertz CT molecular complexity index is 391. The van der Waals surface area contributed by atoms with Gasteiger partial charge in [0.15, 0.2) is 5.78 Å². The van der Waals surface area contributed by atoms with Crippen molar-refractivity contribution in [1.82, 2.24) is 14.7 Å². The Balaban J connectivity index is 3.01. The highest BCUT2D eigenvalue weighted by molar-refractivity contribution is 6.01. The van der Waals surface area contributed by atoms with Crippen LogP contribution in [0.5, 0.6) is 0 Å². The number of aromatic nitrogens is 2. The van der Waals surface area contributed by atoms with E-state index in [0.717, 1.165) is 26.1 Å². The van der Waals surface area contributed by atoms with Crippen molar-refractivity contribution in [3.63, 3.8) is 0 Å². The molecule has 0 saturated heterocycles. The van der Waals surface area contributed by atoms with Gasteiger partial charge < -0.3 is 0 Å². The highest BCUT2D eigenvalue weighted by Crippen LogP contribution is 2.20. The zero-order chi connectivity index (χ0) is 13.8. The molecule has 0 N–H and O–H groups in total. The molecule has 1 aromatic rings. The van der Waals surface area contributed by atoms with Crippen LogP contribution in [0.4, 0.5) is 0 Å². The van der Waals surface area contributed by atoms with Gasteiger partial charge in [-0.05, 0) is 39.4 Å². The molecule has 0 spiro atoms. The van der Waals surface area contributed by atoms with Crippen molar-refractivity contribution in [3.8, 4) is 0 Å². The van der Waals surface area contributed by atoms with E-state index < -0.39 is 5.54 Å². The number of Topliss-reactive ketones (excluding diaryl/α,β-unsaturated/α-hetero) is 1. The summed E-state index contributed by atoms with van der Waals surface area (Å²) in [6.07, 6.45) is 2.69. The minimum atomic E-state index is -0.477. The second-order valence-electron chi connectivity index (χ2n) is 5.00. The normalized spacial score (nSPS) is 12.1. The summed E-state index contributed by atoms with van der Waals surface area (Å²) < 4.78 is 1.81. The monoisotopic (exact) mass is 251 g/mol. The largest absolute Gasteiger partial charge is 0.292 e. The number of ketones is 1. The molecule has 0 aliphatic heterocycles. The number of hydrogen-bond donors (Lipinski definition) is 0. The molecule has 0 fully saturated rings. The second-order valence-corrected chi connectivity index (χ2v) is 5.00. The maximum absolute atomic E-state index is 12.7. The smallest absolute Gasteiger partial charge is 0.200 e. The van der Waals surface area contributed by atoms with Gasteiger partial charge in [-0.25, -0.2) is 0 Å². The van der Waals surface area contributed by atoms with E-state index in [2.05, 4.69) is 30.8 Å². The van der Waals surface area contributed by atoms with E-state index in [1.807, 2.05) is 24.6 Å². The van der Waals surface area contributed by atoms with Crippen molar-refractivity contribution in [3.05, 3.63) is 18.0 Å². The van der Waals surface area contributed by atoms with Gasteiger partial charge >= 0.3 is 0 Å². The molecule has 0 amide bonds. The zero-order valence-corrected chi connectivity index (χ0v) is 12.2. The van der Waals surface area contributed by atoms with Gasteiger partial charge in [0.1, 0.15) is 5.69 Å². The number of carbonyl (C=O) groups excluding carboxylic acids is 1. The third-order valence-electron chi connectivity index (χ3n) is 3.49. The molecular formula is C14H25N3O. The molecule has 0 bridgehead atoms. The van der Waals surface area contributed by atoms with E-state index in [1.54, 1.807) is 6.20 Å². The van der Waals surface area contributed by atoms with Gasteiger partial charge in [0.25, 0.3) is 0 Å². The Morgan fingerprint density at radius 3 is 2.44 bits per heavy atom. The van der Waals surface area contributed by atoms with Crippen LogP contribution < -0.4 is 0 Å². The van der Waals surface area contributed by atoms with Crippen LogP contribution in [-0.2, 0) is 6.54 Å². The topological polar surface area (TPSA) is 38.1 Å². The molecule has 0 unspecified atom stereocenters. The Morgan fingerprint density at radius 1 is 1.33 bits per heavy atom. The first-order valence-corrected chi connectivity index (χ1v) is 6.80. The van der Waals surface area contributed by atoms with Crippen LogP contribution >= 0.6 is 0 Å². The average Bonchev–Trinajstić information content (AvgIpc) is 2.78. The van der Waals surface area contributed by atoms with Crippen molar-refractivity contribution >= 4 is 5.78 Å². The van der Waals surface area contributed by atoms with E-state index in [-0.39, 0.29) is 5.78 Å². The van der Waals surface area contributed by atoms with E-state index in [1.165, 1.54) is 0 Å². The summed E-state index contributed by atoms with van der Waals surface area (Å²) >= 11 is 0. The Morgan fingerprint density at radius 2 is 1.94 bits per heavy atom. The second kappa shape index (κ2) is 6.14. The van der Waals surface area contributed by atoms with Crippen molar-refractivity contribution in [1.29, 1.82) is 0 Å². The fourth-order valence-electron chi connectivity index (χ4n) is 2.39. The van der Waals surface area contributed by atoms with Crippen molar-refractivity contribution in [2.75, 3.05) is 13.1 Å². The first kappa shape index (κ1) is 14.9. The molecule has 0 saturated carbocycles. The summed E-state index contributed by atoms with van der Waals surface area (Å²) in [7, 11) is 0. The van der Waals surface area contributed by atoms with Gasteiger partial charge in [-0.3, -0.25) is 14.4 Å². The molecule has 0 aromatic carbocycles. The number of nitrogens with zero attached hydrogens (tertiary/aromatic N) is 3. The Hall–Kier alpha value is -1.16. The number of aryl methyl sites for hydroxylation is 1. The third-order valence-corrected chi connectivity index (χ3v) is 3.49. The average molecular weight is 251 g/mol. The number of likely N-dealkylation sites (N-methyl/N-ethyl adjacent to an activating group) is 1. The Kier molecular flexibility index (Phi) is 5.08. The predicted octanol–water partition coefficient (Wildman–Crippen LogP) is 2.60. The molecule has 1 heterocycles. The molecule has 0 aliphatic carbocycles. The third kappa shape index (κ3) is 2.80. The van der Waals surface area contributed by atoms with Gasteiger partial charge in [-0.2, -0.15) is 5.10 Å². The summed E-state index contributed by atoms with van der Waals surface area (Å²) in [5.41, 5.74) is 0.239. The highest BCUT2D eigenvalue weighted by Gasteiger charge is 2.35. The number of hydrogen-bond acceptors (Lipinski definition) is 3. The van der Waals surface area contributed by atoms with Gasteiger partial charge in [0.05, 0.1) is 5.54 Å². The first-order chi connectivity index (χ1) is 8.48. The molecule has 102 valence electrons. The van der Waals surface area contributed by atoms with Crippen LogP contribution in [0, 0.1) is 0 Å². The lowest BCUT2D eigenvalue weighted by atomic mass is 9.94. The van der Waals surface area contributed by atoms with Crippen LogP contribution in [0.25, 0.3) is 0 Å². The van der Waals surface area contributed by atoms with E-state index >= 15 is 0 Å². The molecular weight excluding hydrogens is 226 g/mol. The summed E-state index contributed by atoms with van der Waals surface area (Å²) in [4.78, 5) is 14.9. The van der Waals surface area contributed by atoms with Crippen molar-refractivity contribution in [2.45, 2.75) is 53.1 Å². The van der Waals surface area contributed by atoms with E-state index in [9.17, 15) is 4.79 Å². The number of rotatable bonds is 7. The molecule has 0 aliphatic rings. The summed E-state index contributed by atoms with van der Waals surface area (Å²) in [6.45, 7) is 12.8. The van der Waals surface area contributed by atoms with Gasteiger partial charge in [0.2, 0.25) is 0 Å². The van der Waals surface area contributed by atoms with Crippen LogP contribution in [-0.4, -0.2) is 39.1 Å². The summed E-state index contributed by atoms with van der Waals surface area (Å²) in [5.74, 6) is 0.150. The minimum Gasteiger partial charge on any atom is -0.292 e. The SMILES string of the molecule is CCCn1nccc1C(=O)C(C)(C)N(CC)CC. The fraction of sp³-hybridized carbons (Fsp3) is 0.714. The molecule has 0 atom stereocenters. The standard InChI is InChI=1S/C14H25N3O/c1-6-11-17-12(9-10-15-17)13(18)14(4,5)16(7-2)8-3/h9-10H,6-8,11H2,1-5H3. The lowest BCUT2D eigenvalue weighted by Gasteiger charge is -2.35. The van der Waals surface area contributed by atoms with Crippen LogP contribution in [0.15, 0.2) is 12.3 Å². The lowest BCUT2D eigenvalue weighted by molar-refractivity contribution is 0.0657. The minimum absolute atomic E-state index is 0.150. The zero-order valence-electron chi connectivity index (χ0n) is 12.2. The first-order valence-electron chi connectivity index (χ1n) is 6.80. The van der Waals surface area contributed by atoms with Crippen LogP contribution in [0.1, 0.15) is 51.5 Å². The molecule has 1 rings (SSSR count). The van der Waals surface area contributed by atoms with Crippen molar-refractivity contribution < 1.29 is 4.79 Å². The molecule has 4 heteroatoms. The summed E-state index contributed by atoms with van der Waals surface area (Å²) in [6, 6.07) is 1.82. The number of carbonyl (C=O) groups is 1. The van der Waals surface area contributed by atoms with Crippen LogP contribution in [0.3, 0.4) is 0 Å². The maximum atomic E-state index is 12.7. The predicted molar refractivity (Wildman–Crippen MR) is 73.8 cm³/mol. The molecule has 0 radical (unpaired) electrons. The van der Waals surface area contributed by atoms with Crippen LogP contribution in [0.2, 0.25) is 0 Å². The molecule has 1 aromatic heterocycles. The summed E-state index contributed by atoms with van der Waals surface area (Å²) in [5, 5.41) is 4.23. The molecule has 18 heavy (non-hydrogen) atoms. The highest BCUT2D eigenvalue weighted by atomic mass is 16.1. The van der Waals surface area contributed by atoms with Gasteiger partial charge in [-0.15, -0.1) is 0 Å².